The smallest absolute Gasteiger partial charge is 0.295 e. The largest absolute Gasteiger partial charge is 0.361 e. The number of carbonyl (C=O) groups excluding carboxylic acids is 2. The molecule has 0 spiro atoms. The highest BCUT2D eigenvalue weighted by molar-refractivity contribution is 5.94. The van der Waals surface area contributed by atoms with Gasteiger partial charge in [0, 0.05) is 39.2 Å². The molecule has 0 saturated heterocycles. The van der Waals surface area contributed by atoms with Crippen molar-refractivity contribution in [2.24, 2.45) is 0 Å². The van der Waals surface area contributed by atoms with Crippen LogP contribution in [0, 0.1) is 23.0 Å². The summed E-state index contributed by atoms with van der Waals surface area (Å²) < 4.78 is 42.9. The van der Waals surface area contributed by atoms with E-state index < -0.39 is 47.6 Å². The van der Waals surface area contributed by atoms with Gasteiger partial charge < -0.3 is 15.3 Å². The van der Waals surface area contributed by atoms with E-state index in [1.165, 1.54) is 41.6 Å². The van der Waals surface area contributed by atoms with Crippen LogP contribution in [-0.4, -0.2) is 87.4 Å². The number of rotatable bonds is 6. The molecular formula is C23H26F3N7O4. The van der Waals surface area contributed by atoms with Crippen LogP contribution in [0.25, 0.3) is 0 Å². The van der Waals surface area contributed by atoms with Gasteiger partial charge in [0.1, 0.15) is 29.3 Å². The lowest BCUT2D eigenvalue weighted by molar-refractivity contribution is -0.176. The maximum atomic E-state index is 14.5. The zero-order chi connectivity index (χ0) is 27.0. The lowest BCUT2D eigenvalue weighted by Gasteiger charge is -2.32. The molecule has 3 atom stereocenters. The number of benzene rings is 1. The Balaban J connectivity index is 1.56. The molecule has 4 rings (SSSR count). The zero-order valence-electron chi connectivity index (χ0n) is 20.4. The lowest BCUT2D eigenvalue weighted by Crippen LogP contribution is -2.45. The average molecular weight is 522 g/mol. The van der Waals surface area contributed by atoms with Gasteiger partial charge in [0.25, 0.3) is 11.8 Å². The molecule has 3 heterocycles. The summed E-state index contributed by atoms with van der Waals surface area (Å²) in [4.78, 5) is 34.2. The minimum absolute atomic E-state index is 0.0458. The molecule has 2 aromatic rings. The summed E-state index contributed by atoms with van der Waals surface area (Å²) in [6.45, 7) is 1.44. The molecule has 2 amide bonds. The number of likely N-dealkylation sites (N-methyl/N-ethyl adjacent to an activating group) is 1. The van der Waals surface area contributed by atoms with E-state index in [0.29, 0.717) is 17.7 Å². The number of aliphatic hydroxyl groups excluding tert-OH is 1. The maximum Gasteiger partial charge on any atom is 0.295 e. The highest BCUT2D eigenvalue weighted by Crippen LogP contribution is 2.28. The molecule has 0 fully saturated rings. The minimum Gasteiger partial charge on any atom is -0.361 e. The van der Waals surface area contributed by atoms with E-state index in [2.05, 4.69) is 10.4 Å². The van der Waals surface area contributed by atoms with Crippen molar-refractivity contribution in [1.29, 1.82) is 5.26 Å². The summed E-state index contributed by atoms with van der Waals surface area (Å²) >= 11 is 0. The number of nitriles is 1. The number of carbonyl (C=O) groups is 2. The van der Waals surface area contributed by atoms with Gasteiger partial charge in [-0.15, -0.1) is 0 Å². The highest BCUT2D eigenvalue weighted by atomic mass is 19.1. The van der Waals surface area contributed by atoms with E-state index in [-0.39, 0.29) is 37.6 Å². The number of hydrogen-bond acceptors (Lipinski definition) is 8. The van der Waals surface area contributed by atoms with Gasteiger partial charge >= 0.3 is 0 Å². The number of anilines is 1. The molecule has 0 aliphatic carbocycles. The van der Waals surface area contributed by atoms with Crippen molar-refractivity contribution in [2.45, 2.75) is 45.1 Å². The fourth-order valence-corrected chi connectivity index (χ4v) is 4.44. The maximum absolute atomic E-state index is 14.5. The Morgan fingerprint density at radius 3 is 2.84 bits per heavy atom. The Hall–Kier alpha value is -3.67. The monoisotopic (exact) mass is 521 g/mol. The number of amides is 2. The molecule has 2 aliphatic rings. The number of aliphatic hydroxyl groups is 1. The molecule has 2 N–H and O–H groups in total. The summed E-state index contributed by atoms with van der Waals surface area (Å²) in [5.74, 6) is -3.21. The Bertz CT molecular complexity index is 1260. The van der Waals surface area contributed by atoms with Crippen LogP contribution < -0.4 is 5.32 Å². The second kappa shape index (κ2) is 10.4. The molecule has 1 aromatic heterocycles. The quantitative estimate of drug-likeness (QED) is 0.539. The van der Waals surface area contributed by atoms with E-state index in [4.69, 9.17) is 10.1 Å². The van der Waals surface area contributed by atoms with Crippen LogP contribution in [0.5, 0.6) is 0 Å². The first-order chi connectivity index (χ1) is 17.5. The minimum atomic E-state index is -1.43. The van der Waals surface area contributed by atoms with Gasteiger partial charge in [0.2, 0.25) is 0 Å². The highest BCUT2D eigenvalue weighted by Gasteiger charge is 2.38. The van der Waals surface area contributed by atoms with Gasteiger partial charge in [0.05, 0.1) is 24.5 Å². The lowest BCUT2D eigenvalue weighted by atomic mass is 10.0. The van der Waals surface area contributed by atoms with Crippen LogP contribution in [0.1, 0.15) is 34.2 Å². The summed E-state index contributed by atoms with van der Waals surface area (Å²) in [6.07, 6.45) is -3.46. The first kappa shape index (κ1) is 26.4. The van der Waals surface area contributed by atoms with Gasteiger partial charge in [-0.25, -0.2) is 18.2 Å². The second-order valence-corrected chi connectivity index (χ2v) is 8.99. The number of fused-ring (bicyclic) bond motifs is 3. The van der Waals surface area contributed by atoms with Crippen LogP contribution in [-0.2, 0) is 29.1 Å². The predicted molar refractivity (Wildman–Crippen MR) is 122 cm³/mol. The number of alkyl halides is 1. The van der Waals surface area contributed by atoms with Crippen LogP contribution in [0.2, 0.25) is 0 Å². The van der Waals surface area contributed by atoms with Gasteiger partial charge in [-0.2, -0.15) is 10.4 Å². The van der Waals surface area contributed by atoms with Gasteiger partial charge in [0.15, 0.2) is 18.3 Å². The fourth-order valence-electron chi connectivity index (χ4n) is 4.44. The normalized spacial score (nSPS) is 19.4. The molecule has 3 unspecified atom stereocenters. The van der Waals surface area contributed by atoms with E-state index >= 15 is 0 Å². The van der Waals surface area contributed by atoms with E-state index in [1.54, 1.807) is 0 Å². The van der Waals surface area contributed by atoms with E-state index in [1.807, 2.05) is 0 Å². The molecule has 0 saturated carbocycles. The molecule has 11 nitrogen and oxygen atoms in total. The van der Waals surface area contributed by atoms with Crippen LogP contribution in [0.4, 0.5) is 18.9 Å². The summed E-state index contributed by atoms with van der Waals surface area (Å²) in [5.41, 5.74) is 0.236. The molecule has 198 valence electrons. The molecule has 0 bridgehead atoms. The number of halogens is 3. The fraction of sp³-hybridized carbons (Fsp3) is 0.478. The SMILES string of the molecule is CC(F)CN(C)C(=O)C1Cn2nc3c(c2C(=O)N(C)O1)CN(C(O)Nc1ccc(F)c(C#N)c1F)CC3. The number of aromatic nitrogens is 2. The predicted octanol–water partition coefficient (Wildman–Crippen LogP) is 0.981. The van der Waals surface area contributed by atoms with E-state index in [0.717, 1.165) is 17.2 Å². The Labute approximate surface area is 210 Å². The van der Waals surface area contributed by atoms with Gasteiger partial charge in [-0.1, -0.05) is 0 Å². The van der Waals surface area contributed by atoms with Crippen LogP contribution in [0.15, 0.2) is 12.1 Å². The van der Waals surface area contributed by atoms with E-state index in [9.17, 15) is 27.9 Å². The number of nitrogens with one attached hydrogen (secondary N) is 1. The van der Waals surface area contributed by atoms with Crippen molar-refractivity contribution in [3.63, 3.8) is 0 Å². The molecule has 1 aromatic carbocycles. The summed E-state index contributed by atoms with van der Waals surface area (Å²) in [5, 5.41) is 27.6. The Morgan fingerprint density at radius 2 is 2.16 bits per heavy atom. The van der Waals surface area contributed by atoms with Crippen molar-refractivity contribution >= 4 is 17.5 Å². The standard InChI is InChI=1S/C23H26F3N7O4/c1-12(24)9-30(2)21(34)18-11-33-20(22(35)31(3)37-18)14-10-32(7-6-16(14)29-33)23(36)28-17-5-4-15(25)13(8-27)19(17)26/h4-5,12,18,23,28,36H,6-7,9-11H2,1-3H3. The first-order valence-electron chi connectivity index (χ1n) is 11.5. The third-order valence-electron chi connectivity index (χ3n) is 6.25. The van der Waals surface area contributed by atoms with Gasteiger partial charge in [-0.05, 0) is 19.1 Å². The van der Waals surface area contributed by atoms with Crippen molar-refractivity contribution in [2.75, 3.05) is 32.5 Å². The Kier molecular flexibility index (Phi) is 7.39. The third kappa shape index (κ3) is 5.10. The second-order valence-electron chi connectivity index (χ2n) is 8.99. The number of hydroxylamine groups is 2. The van der Waals surface area contributed by atoms with Crippen molar-refractivity contribution in [1.82, 2.24) is 24.6 Å². The van der Waals surface area contributed by atoms with Crippen molar-refractivity contribution < 1.29 is 32.7 Å². The molecule has 2 aliphatic heterocycles. The van der Waals surface area contributed by atoms with Crippen molar-refractivity contribution in [3.8, 4) is 6.07 Å². The topological polar surface area (TPSA) is 127 Å². The summed E-state index contributed by atoms with van der Waals surface area (Å²) in [6, 6.07) is 3.44. The summed E-state index contributed by atoms with van der Waals surface area (Å²) in [7, 11) is 2.80. The molecule has 37 heavy (non-hydrogen) atoms. The van der Waals surface area contributed by atoms with Crippen LogP contribution >= 0.6 is 0 Å². The molecule has 14 heteroatoms. The van der Waals surface area contributed by atoms with Crippen LogP contribution in [0.3, 0.4) is 0 Å². The molecule has 0 radical (unpaired) electrons. The van der Waals surface area contributed by atoms with Crippen molar-refractivity contribution in [3.05, 3.63) is 46.3 Å². The number of nitrogens with zero attached hydrogens (tertiary/aromatic N) is 6. The zero-order valence-corrected chi connectivity index (χ0v) is 20.4. The Morgan fingerprint density at radius 1 is 1.43 bits per heavy atom. The van der Waals surface area contributed by atoms with Gasteiger partial charge in [-0.3, -0.25) is 24.0 Å². The molecular weight excluding hydrogens is 495 g/mol. The third-order valence-corrected chi connectivity index (χ3v) is 6.25. The average Bonchev–Trinajstić information content (AvgIpc) is 3.15. The number of hydrogen-bond donors (Lipinski definition) is 2. The first-order valence-corrected chi connectivity index (χ1v) is 11.5.